The number of aryl methyl sites for hydroxylation is 1. The molecule has 1 aliphatic carbocycles. The average Bonchev–Trinajstić information content (AvgIpc) is 3.43. The molecule has 3 aliphatic rings. The zero-order valence-corrected chi connectivity index (χ0v) is 21.2. The van der Waals surface area contributed by atoms with E-state index in [-0.39, 0.29) is 29.6 Å². The summed E-state index contributed by atoms with van der Waals surface area (Å²) in [6.07, 6.45) is 6.29. The minimum absolute atomic E-state index is 0.0958. The number of hydrogen-bond donors (Lipinski definition) is 1. The van der Waals surface area contributed by atoms with E-state index in [0.29, 0.717) is 12.5 Å². The molecule has 7 rings (SSSR count). The van der Waals surface area contributed by atoms with Crippen molar-refractivity contribution in [2.24, 2.45) is 0 Å². The van der Waals surface area contributed by atoms with E-state index in [2.05, 4.69) is 43.8 Å². The van der Waals surface area contributed by atoms with Crippen molar-refractivity contribution in [1.82, 2.24) is 15.3 Å². The number of halogens is 1. The number of anilines is 1. The van der Waals surface area contributed by atoms with Gasteiger partial charge in [-0.2, -0.15) is 0 Å². The molecule has 1 unspecified atom stereocenters. The van der Waals surface area contributed by atoms with E-state index in [9.17, 15) is 9.18 Å². The first-order chi connectivity index (χ1) is 18.5. The van der Waals surface area contributed by atoms with Crippen molar-refractivity contribution in [1.29, 1.82) is 0 Å². The number of nitrogens with one attached hydrogen (secondary N) is 1. The number of hydrogen-bond acceptors (Lipinski definition) is 7. The van der Waals surface area contributed by atoms with Crippen LogP contribution in [0.3, 0.4) is 0 Å². The fourth-order valence-electron chi connectivity index (χ4n) is 6.27. The second-order valence-corrected chi connectivity index (χ2v) is 10.8. The molecule has 4 heterocycles. The Balaban J connectivity index is 1.08. The number of H-pyrrole nitrogens is 1. The van der Waals surface area contributed by atoms with Gasteiger partial charge in [0.05, 0.1) is 18.3 Å². The Bertz CT molecular complexity index is 1520. The summed E-state index contributed by atoms with van der Waals surface area (Å²) in [6, 6.07) is 13.9. The molecule has 38 heavy (non-hydrogen) atoms. The summed E-state index contributed by atoms with van der Waals surface area (Å²) >= 11 is 0. The van der Waals surface area contributed by atoms with E-state index in [1.54, 1.807) is 6.07 Å². The third kappa shape index (κ3) is 4.15. The Labute approximate surface area is 218 Å². The van der Waals surface area contributed by atoms with Gasteiger partial charge < -0.3 is 14.2 Å². The molecule has 2 saturated heterocycles. The second kappa shape index (κ2) is 9.23. The number of rotatable bonds is 7. The number of fused-ring (bicyclic) bond motifs is 2. The van der Waals surface area contributed by atoms with E-state index in [1.165, 1.54) is 11.6 Å². The van der Waals surface area contributed by atoms with Gasteiger partial charge in [0.2, 0.25) is 0 Å². The number of piperidine rings is 1. The highest BCUT2D eigenvalue weighted by Crippen LogP contribution is 2.45. The van der Waals surface area contributed by atoms with Gasteiger partial charge in [0, 0.05) is 34.8 Å². The highest BCUT2D eigenvalue weighted by molar-refractivity contribution is 5.67. The van der Waals surface area contributed by atoms with Gasteiger partial charge in [-0.05, 0) is 69.2 Å². The first-order valence-corrected chi connectivity index (χ1v) is 13.4. The summed E-state index contributed by atoms with van der Waals surface area (Å²) in [6.45, 7) is 2.58. The lowest BCUT2D eigenvalue weighted by Gasteiger charge is -2.40. The van der Waals surface area contributed by atoms with Crippen LogP contribution in [0, 0.1) is 12.7 Å². The van der Waals surface area contributed by atoms with Crippen molar-refractivity contribution < 1.29 is 18.2 Å². The molecule has 2 bridgehead atoms. The maximum absolute atomic E-state index is 15.0. The fraction of sp³-hybridized carbons (Fsp3) is 0.414. The summed E-state index contributed by atoms with van der Waals surface area (Å²) in [5, 5.41) is 8.09. The minimum Gasteiger partial charge on any atom is -0.373 e. The SMILES string of the molecule is Cc1ccccc1-c1noc(C2CC2)c1COC1C[C@H]2CC[C@@H](C1)N2c1ccc(-c2noc(=O)[nH]2)c(F)c1. The maximum Gasteiger partial charge on any atom is 0.439 e. The monoisotopic (exact) mass is 516 g/mol. The molecule has 3 atom stereocenters. The van der Waals surface area contributed by atoms with Crippen LogP contribution in [-0.4, -0.2) is 33.5 Å². The molecule has 1 saturated carbocycles. The first-order valence-electron chi connectivity index (χ1n) is 13.4. The van der Waals surface area contributed by atoms with Gasteiger partial charge in [-0.3, -0.25) is 9.51 Å². The molecule has 196 valence electrons. The van der Waals surface area contributed by atoms with Crippen LogP contribution < -0.4 is 10.7 Å². The van der Waals surface area contributed by atoms with Crippen LogP contribution in [0.4, 0.5) is 10.1 Å². The molecule has 0 amide bonds. The van der Waals surface area contributed by atoms with Gasteiger partial charge in [-0.25, -0.2) is 9.18 Å². The largest absolute Gasteiger partial charge is 0.439 e. The molecule has 0 spiro atoms. The molecule has 1 N–H and O–H groups in total. The van der Waals surface area contributed by atoms with Crippen LogP contribution in [-0.2, 0) is 11.3 Å². The summed E-state index contributed by atoms with van der Waals surface area (Å²) in [5.74, 6) is 0.384. The zero-order chi connectivity index (χ0) is 25.8. The highest BCUT2D eigenvalue weighted by Gasteiger charge is 2.42. The molecule has 2 aliphatic heterocycles. The fourth-order valence-corrected chi connectivity index (χ4v) is 6.27. The zero-order valence-electron chi connectivity index (χ0n) is 21.2. The minimum atomic E-state index is -0.704. The van der Waals surface area contributed by atoms with Gasteiger partial charge >= 0.3 is 5.76 Å². The first kappa shape index (κ1) is 23.4. The van der Waals surface area contributed by atoms with Crippen molar-refractivity contribution in [2.75, 3.05) is 4.90 Å². The number of benzene rings is 2. The normalized spacial score (nSPS) is 22.8. The Morgan fingerprint density at radius 1 is 1.03 bits per heavy atom. The van der Waals surface area contributed by atoms with Gasteiger partial charge in [-0.15, -0.1) is 0 Å². The molecule has 4 aromatic rings. The molecular formula is C29H29FN4O4. The Morgan fingerprint density at radius 3 is 2.50 bits per heavy atom. The van der Waals surface area contributed by atoms with Crippen molar-refractivity contribution in [3.8, 4) is 22.6 Å². The highest BCUT2D eigenvalue weighted by atomic mass is 19.1. The second-order valence-electron chi connectivity index (χ2n) is 10.8. The van der Waals surface area contributed by atoms with Crippen molar-refractivity contribution in [3.05, 3.63) is 75.7 Å². The van der Waals surface area contributed by atoms with E-state index in [0.717, 1.165) is 66.8 Å². The number of aromatic amines is 1. The molecular weight excluding hydrogens is 487 g/mol. The lowest BCUT2D eigenvalue weighted by molar-refractivity contribution is 0.0147. The quantitative estimate of drug-likeness (QED) is 0.335. The van der Waals surface area contributed by atoms with Gasteiger partial charge in [0.15, 0.2) is 5.82 Å². The van der Waals surface area contributed by atoms with Gasteiger partial charge in [-0.1, -0.05) is 34.6 Å². The smallest absolute Gasteiger partial charge is 0.373 e. The van der Waals surface area contributed by atoms with Crippen molar-refractivity contribution >= 4 is 5.69 Å². The Kier molecular flexibility index (Phi) is 5.69. The predicted octanol–water partition coefficient (Wildman–Crippen LogP) is 5.73. The van der Waals surface area contributed by atoms with Gasteiger partial charge in [0.25, 0.3) is 0 Å². The molecule has 8 nitrogen and oxygen atoms in total. The lowest BCUT2D eigenvalue weighted by Crippen LogP contribution is -2.45. The van der Waals surface area contributed by atoms with Crippen LogP contribution in [0.25, 0.3) is 22.6 Å². The number of aromatic nitrogens is 3. The van der Waals surface area contributed by atoms with Crippen LogP contribution in [0.5, 0.6) is 0 Å². The van der Waals surface area contributed by atoms with Crippen LogP contribution in [0.2, 0.25) is 0 Å². The van der Waals surface area contributed by atoms with Crippen LogP contribution in [0.1, 0.15) is 61.3 Å². The van der Waals surface area contributed by atoms with E-state index < -0.39 is 11.6 Å². The number of nitrogens with zero attached hydrogens (tertiary/aromatic N) is 3. The Hall–Kier alpha value is -3.72. The van der Waals surface area contributed by atoms with Crippen LogP contribution in [0.15, 0.2) is 56.3 Å². The predicted molar refractivity (Wildman–Crippen MR) is 138 cm³/mol. The maximum atomic E-state index is 15.0. The standard InChI is InChI=1S/C29H29FN4O4/c1-16-4-2-3-5-22(16)26-24(27(37-32-26)17-6-7-17)15-36-21-12-18-8-9-19(13-21)34(18)20-10-11-23(25(30)14-20)28-31-29(35)38-33-28/h2-5,10-11,14,17-19,21H,6-9,12-13,15H2,1H3,(H,31,33,35)/t18-,19+,21?. The number of ether oxygens (including phenoxy) is 1. The summed E-state index contributed by atoms with van der Waals surface area (Å²) in [5.41, 5.74) is 5.31. The topological polar surface area (TPSA) is 97.4 Å². The van der Waals surface area contributed by atoms with Crippen LogP contribution >= 0.6 is 0 Å². The molecule has 2 aromatic carbocycles. The van der Waals surface area contributed by atoms with E-state index >= 15 is 0 Å². The Morgan fingerprint density at radius 2 is 1.82 bits per heavy atom. The third-order valence-electron chi connectivity index (χ3n) is 8.27. The third-order valence-corrected chi connectivity index (χ3v) is 8.27. The molecule has 3 fully saturated rings. The van der Waals surface area contributed by atoms with E-state index in [4.69, 9.17) is 9.26 Å². The summed E-state index contributed by atoms with van der Waals surface area (Å²) in [4.78, 5) is 16.0. The van der Waals surface area contributed by atoms with Crippen molar-refractivity contribution in [2.45, 2.75) is 76.2 Å². The van der Waals surface area contributed by atoms with Gasteiger partial charge in [0.1, 0.15) is 17.3 Å². The molecule has 2 aromatic heterocycles. The lowest BCUT2D eigenvalue weighted by atomic mass is 9.97. The molecule has 9 heteroatoms. The van der Waals surface area contributed by atoms with Crippen molar-refractivity contribution in [3.63, 3.8) is 0 Å². The summed E-state index contributed by atoms with van der Waals surface area (Å²) in [7, 11) is 0. The van der Waals surface area contributed by atoms with E-state index in [1.807, 2.05) is 18.2 Å². The molecule has 0 radical (unpaired) electrons. The average molecular weight is 517 g/mol. The summed E-state index contributed by atoms with van der Waals surface area (Å²) < 4.78 is 31.9.